The van der Waals surface area contributed by atoms with Crippen LogP contribution in [0.4, 0.5) is 5.69 Å². The Morgan fingerprint density at radius 3 is 2.57 bits per heavy atom. The first kappa shape index (κ1) is 15.2. The van der Waals surface area contributed by atoms with E-state index in [1.807, 2.05) is 12.1 Å². The minimum absolute atomic E-state index is 0.324. The monoisotopic (exact) mass is 305 g/mol. The van der Waals surface area contributed by atoms with Crippen LogP contribution in [0.1, 0.15) is 22.8 Å². The number of nitrogen functional groups attached to an aromatic ring is 1. The van der Waals surface area contributed by atoms with Gasteiger partial charge in [0.15, 0.2) is 0 Å². The summed E-state index contributed by atoms with van der Waals surface area (Å²) in [4.78, 5) is 11.7. The zero-order valence-electron chi connectivity index (χ0n) is 11.6. The van der Waals surface area contributed by atoms with Gasteiger partial charge in [-0.3, -0.25) is 0 Å². The number of ether oxygens (including phenoxy) is 2. The van der Waals surface area contributed by atoms with E-state index in [1.165, 1.54) is 0 Å². The van der Waals surface area contributed by atoms with Crippen LogP contribution in [0.2, 0.25) is 5.02 Å². The number of benzene rings is 2. The lowest BCUT2D eigenvalue weighted by Crippen LogP contribution is -2.06. The van der Waals surface area contributed by atoms with E-state index in [0.717, 1.165) is 5.56 Å². The third-order valence-electron chi connectivity index (χ3n) is 2.83. The molecular weight excluding hydrogens is 290 g/mol. The molecule has 0 atom stereocenters. The lowest BCUT2D eigenvalue weighted by Gasteiger charge is -2.10. The lowest BCUT2D eigenvalue weighted by molar-refractivity contribution is 0.0526. The molecule has 110 valence electrons. The average molecular weight is 306 g/mol. The van der Waals surface area contributed by atoms with Crippen molar-refractivity contribution < 1.29 is 14.3 Å². The molecule has 0 saturated heterocycles. The van der Waals surface area contributed by atoms with Crippen molar-refractivity contribution in [2.75, 3.05) is 12.3 Å². The molecule has 2 rings (SSSR count). The molecule has 0 aliphatic heterocycles. The van der Waals surface area contributed by atoms with Gasteiger partial charge >= 0.3 is 5.97 Å². The van der Waals surface area contributed by atoms with Gasteiger partial charge in [-0.05, 0) is 42.8 Å². The van der Waals surface area contributed by atoms with Crippen LogP contribution >= 0.6 is 11.6 Å². The number of anilines is 1. The normalized spacial score (nSPS) is 10.2. The molecule has 0 spiro atoms. The smallest absolute Gasteiger partial charge is 0.338 e. The maximum Gasteiger partial charge on any atom is 0.338 e. The minimum Gasteiger partial charge on any atom is -0.487 e. The largest absolute Gasteiger partial charge is 0.487 e. The molecule has 0 aliphatic carbocycles. The van der Waals surface area contributed by atoms with Crippen LogP contribution in [0.3, 0.4) is 0 Å². The van der Waals surface area contributed by atoms with E-state index in [4.69, 9.17) is 26.8 Å². The van der Waals surface area contributed by atoms with Gasteiger partial charge in [-0.1, -0.05) is 23.7 Å². The average Bonchev–Trinajstić information content (AvgIpc) is 2.48. The molecule has 2 N–H and O–H groups in total. The van der Waals surface area contributed by atoms with E-state index in [1.54, 1.807) is 37.3 Å². The third kappa shape index (κ3) is 4.13. The van der Waals surface area contributed by atoms with Crippen LogP contribution in [-0.2, 0) is 11.3 Å². The topological polar surface area (TPSA) is 61.5 Å². The second-order valence-electron chi connectivity index (χ2n) is 4.39. The van der Waals surface area contributed by atoms with E-state index in [2.05, 4.69) is 0 Å². The van der Waals surface area contributed by atoms with Crippen LogP contribution in [0.5, 0.6) is 5.75 Å². The fourth-order valence-electron chi connectivity index (χ4n) is 1.74. The van der Waals surface area contributed by atoms with Gasteiger partial charge in [0.2, 0.25) is 0 Å². The summed E-state index contributed by atoms with van der Waals surface area (Å²) in [6.07, 6.45) is 0. The Labute approximate surface area is 128 Å². The van der Waals surface area contributed by atoms with E-state index < -0.39 is 5.97 Å². The molecule has 0 aliphatic rings. The second kappa shape index (κ2) is 6.99. The number of nitrogens with two attached hydrogens (primary N) is 1. The molecule has 0 amide bonds. The molecule has 4 nitrogen and oxygen atoms in total. The van der Waals surface area contributed by atoms with Gasteiger partial charge in [0.1, 0.15) is 12.4 Å². The van der Waals surface area contributed by atoms with Crippen molar-refractivity contribution in [3.05, 3.63) is 58.6 Å². The zero-order chi connectivity index (χ0) is 15.2. The fraction of sp³-hybridized carbons (Fsp3) is 0.188. The summed E-state index contributed by atoms with van der Waals surface area (Å²) in [6.45, 7) is 2.42. The van der Waals surface area contributed by atoms with Crippen LogP contribution in [0, 0.1) is 0 Å². The third-order valence-corrected chi connectivity index (χ3v) is 3.08. The molecule has 0 unspecified atom stereocenters. The van der Waals surface area contributed by atoms with Gasteiger partial charge in [-0.2, -0.15) is 0 Å². The fourth-order valence-corrected chi connectivity index (χ4v) is 1.87. The van der Waals surface area contributed by atoms with Gasteiger partial charge in [0, 0.05) is 5.02 Å². The van der Waals surface area contributed by atoms with Gasteiger partial charge in [0.25, 0.3) is 0 Å². The highest BCUT2D eigenvalue weighted by Gasteiger charge is 2.10. The predicted octanol–water partition coefficient (Wildman–Crippen LogP) is 3.68. The minimum atomic E-state index is -0.395. The van der Waals surface area contributed by atoms with E-state index in [9.17, 15) is 4.79 Å². The number of rotatable bonds is 5. The number of halogens is 1. The predicted molar refractivity (Wildman–Crippen MR) is 82.6 cm³/mol. The Kier molecular flexibility index (Phi) is 5.06. The summed E-state index contributed by atoms with van der Waals surface area (Å²) in [6, 6.07) is 12.1. The molecule has 2 aromatic rings. The van der Waals surface area contributed by atoms with Crippen LogP contribution in [-0.4, -0.2) is 12.6 Å². The summed E-state index contributed by atoms with van der Waals surface area (Å²) in [5, 5.41) is 0.669. The zero-order valence-corrected chi connectivity index (χ0v) is 12.4. The molecule has 0 bridgehead atoms. The van der Waals surface area contributed by atoms with Gasteiger partial charge in [0.05, 0.1) is 17.9 Å². The molecule has 0 saturated carbocycles. The number of hydrogen-bond acceptors (Lipinski definition) is 4. The summed E-state index contributed by atoms with van der Waals surface area (Å²) in [7, 11) is 0. The molecule has 0 fully saturated rings. The number of hydrogen-bond donors (Lipinski definition) is 1. The first-order valence-electron chi connectivity index (χ1n) is 6.54. The Hall–Kier alpha value is -2.20. The van der Waals surface area contributed by atoms with E-state index >= 15 is 0 Å². The van der Waals surface area contributed by atoms with Crippen LogP contribution < -0.4 is 10.5 Å². The van der Waals surface area contributed by atoms with Gasteiger partial charge in [-0.25, -0.2) is 4.79 Å². The summed E-state index contributed by atoms with van der Waals surface area (Å²) in [5.74, 6) is 0.0596. The highest BCUT2D eigenvalue weighted by Crippen LogP contribution is 2.24. The summed E-state index contributed by atoms with van der Waals surface area (Å²) < 4.78 is 10.6. The molecule has 5 heteroatoms. The van der Waals surface area contributed by atoms with Crippen molar-refractivity contribution in [1.29, 1.82) is 0 Å². The van der Waals surface area contributed by atoms with Gasteiger partial charge in [-0.15, -0.1) is 0 Å². The van der Waals surface area contributed by atoms with Crippen LogP contribution in [0.15, 0.2) is 42.5 Å². The number of carbonyl (C=O) groups is 1. The van der Waals surface area contributed by atoms with E-state index in [-0.39, 0.29) is 0 Å². The molecule has 0 radical (unpaired) electrons. The molecule has 21 heavy (non-hydrogen) atoms. The highest BCUT2D eigenvalue weighted by atomic mass is 35.5. The van der Waals surface area contributed by atoms with Crippen molar-refractivity contribution in [3.8, 4) is 5.75 Å². The maximum atomic E-state index is 11.7. The molecule has 0 heterocycles. The standard InChI is InChI=1S/C16H16ClNO3/c1-2-20-16(19)12-5-8-14(18)15(9-12)21-10-11-3-6-13(17)7-4-11/h3-9H,2,10,18H2,1H3. The molecule has 2 aromatic carbocycles. The Morgan fingerprint density at radius 1 is 1.19 bits per heavy atom. The number of carbonyl (C=O) groups excluding carboxylic acids is 1. The first-order valence-corrected chi connectivity index (χ1v) is 6.92. The SMILES string of the molecule is CCOC(=O)c1ccc(N)c(OCc2ccc(Cl)cc2)c1. The van der Waals surface area contributed by atoms with E-state index in [0.29, 0.717) is 35.2 Å². The Bertz CT molecular complexity index is 626. The highest BCUT2D eigenvalue weighted by molar-refractivity contribution is 6.30. The van der Waals surface area contributed by atoms with Crippen molar-refractivity contribution in [1.82, 2.24) is 0 Å². The molecule has 0 aromatic heterocycles. The Morgan fingerprint density at radius 2 is 1.90 bits per heavy atom. The first-order chi connectivity index (χ1) is 10.1. The quantitative estimate of drug-likeness (QED) is 0.676. The van der Waals surface area contributed by atoms with Crippen molar-refractivity contribution in [2.24, 2.45) is 0 Å². The maximum absolute atomic E-state index is 11.7. The molecular formula is C16H16ClNO3. The lowest BCUT2D eigenvalue weighted by atomic mass is 10.2. The van der Waals surface area contributed by atoms with Crippen molar-refractivity contribution in [3.63, 3.8) is 0 Å². The van der Waals surface area contributed by atoms with Crippen molar-refractivity contribution in [2.45, 2.75) is 13.5 Å². The van der Waals surface area contributed by atoms with Crippen molar-refractivity contribution >= 4 is 23.3 Å². The Balaban J connectivity index is 2.10. The summed E-state index contributed by atoms with van der Waals surface area (Å²) >= 11 is 5.83. The second-order valence-corrected chi connectivity index (χ2v) is 4.82. The van der Waals surface area contributed by atoms with Crippen LogP contribution in [0.25, 0.3) is 0 Å². The van der Waals surface area contributed by atoms with Gasteiger partial charge < -0.3 is 15.2 Å². The summed E-state index contributed by atoms with van der Waals surface area (Å²) in [5.41, 5.74) is 7.70. The number of esters is 1.